The van der Waals surface area contributed by atoms with E-state index in [-0.39, 0.29) is 17.0 Å². The number of hydrogen-bond acceptors (Lipinski definition) is 9. The van der Waals surface area contributed by atoms with Gasteiger partial charge in [-0.3, -0.25) is 14.8 Å². The number of carbonyl (C=O) groups excluding carboxylic acids is 1. The third-order valence-corrected chi connectivity index (χ3v) is 6.84. The van der Waals surface area contributed by atoms with E-state index in [2.05, 4.69) is 27.1 Å². The molecule has 0 aromatic carbocycles. The van der Waals surface area contributed by atoms with E-state index in [1.807, 2.05) is 30.3 Å². The smallest absolute Gasteiger partial charge is 0.253 e. The summed E-state index contributed by atoms with van der Waals surface area (Å²) in [5.41, 5.74) is 2.84. The molecule has 0 saturated heterocycles. The average Bonchev–Trinajstić information content (AvgIpc) is 2.90. The summed E-state index contributed by atoms with van der Waals surface area (Å²) in [6.45, 7) is 5.24. The maximum atomic E-state index is 12.6. The second-order valence-corrected chi connectivity index (χ2v) is 11.1. The van der Waals surface area contributed by atoms with Crippen LogP contribution in [-0.4, -0.2) is 64.8 Å². The average molecular weight is 535 g/mol. The number of nitrogens with one attached hydrogen (secondary N) is 1. The number of amides is 1. The third-order valence-electron chi connectivity index (χ3n) is 5.76. The summed E-state index contributed by atoms with van der Waals surface area (Å²) in [6, 6.07) is 12.6. The minimum atomic E-state index is -3.48. The standard InChI is InChI=1S/C27H30N6O4S/c1-4-10-33(17-18(2)34)26-7-5-6-23(32-26)24-9-8-19-14-29-21(12-25(19)31-24)15-30-27(35)20-11-22(16-28-13-20)38(3,36)37/h5-9,11-14,16,18,34H,4,10,15,17H2,1-3H3,(H,30,35)/t18-/m0/s1. The summed E-state index contributed by atoms with van der Waals surface area (Å²) in [6.07, 6.45) is 5.73. The van der Waals surface area contributed by atoms with Crippen LogP contribution in [0.4, 0.5) is 5.82 Å². The lowest BCUT2D eigenvalue weighted by atomic mass is 10.2. The van der Waals surface area contributed by atoms with Gasteiger partial charge in [0, 0.05) is 43.3 Å². The van der Waals surface area contributed by atoms with Crippen molar-refractivity contribution in [3.63, 3.8) is 0 Å². The zero-order valence-corrected chi connectivity index (χ0v) is 22.3. The Morgan fingerprint density at radius 1 is 1.08 bits per heavy atom. The fourth-order valence-corrected chi connectivity index (χ4v) is 4.54. The number of aliphatic hydroxyl groups is 1. The summed E-state index contributed by atoms with van der Waals surface area (Å²) in [5.74, 6) is 0.321. The van der Waals surface area contributed by atoms with Crippen LogP contribution < -0.4 is 10.2 Å². The predicted molar refractivity (Wildman–Crippen MR) is 145 cm³/mol. The normalized spacial score (nSPS) is 12.3. The molecule has 10 nitrogen and oxygen atoms in total. The van der Waals surface area contributed by atoms with Crippen molar-refractivity contribution in [3.05, 3.63) is 72.3 Å². The SMILES string of the molecule is CCCN(C[C@H](C)O)c1cccc(-c2ccc3cnc(CNC(=O)c4cncc(S(C)(=O)=O)c4)cc3n2)n1. The first kappa shape index (κ1) is 27.1. The molecule has 0 fully saturated rings. The second kappa shape index (κ2) is 11.6. The molecule has 0 bridgehead atoms. The van der Waals surface area contributed by atoms with E-state index in [0.717, 1.165) is 30.4 Å². The number of rotatable bonds is 10. The number of hydrogen-bond donors (Lipinski definition) is 2. The fraction of sp³-hybridized carbons (Fsp3) is 0.296. The number of carbonyl (C=O) groups is 1. The van der Waals surface area contributed by atoms with Crippen LogP contribution in [0, 0.1) is 0 Å². The van der Waals surface area contributed by atoms with Crippen LogP contribution >= 0.6 is 0 Å². The number of fused-ring (bicyclic) bond motifs is 1. The summed E-state index contributed by atoms with van der Waals surface area (Å²) in [7, 11) is -3.48. The van der Waals surface area contributed by atoms with E-state index >= 15 is 0 Å². The summed E-state index contributed by atoms with van der Waals surface area (Å²) < 4.78 is 23.5. The lowest BCUT2D eigenvalue weighted by Crippen LogP contribution is -2.32. The molecule has 198 valence electrons. The molecule has 2 N–H and O–H groups in total. The van der Waals surface area contributed by atoms with Crippen LogP contribution in [-0.2, 0) is 16.4 Å². The number of anilines is 1. The highest BCUT2D eigenvalue weighted by Gasteiger charge is 2.14. The summed E-state index contributed by atoms with van der Waals surface area (Å²) in [4.78, 5) is 32.5. The van der Waals surface area contributed by atoms with Gasteiger partial charge in [0.15, 0.2) is 9.84 Å². The third kappa shape index (κ3) is 6.67. The molecule has 0 unspecified atom stereocenters. The van der Waals surface area contributed by atoms with Gasteiger partial charge in [0.25, 0.3) is 5.91 Å². The fourth-order valence-electron chi connectivity index (χ4n) is 3.95. The van der Waals surface area contributed by atoms with Crippen molar-refractivity contribution in [1.29, 1.82) is 0 Å². The van der Waals surface area contributed by atoms with Gasteiger partial charge in [0.2, 0.25) is 0 Å². The van der Waals surface area contributed by atoms with Crippen molar-refractivity contribution in [2.45, 2.75) is 37.8 Å². The lowest BCUT2D eigenvalue weighted by molar-refractivity contribution is 0.0949. The van der Waals surface area contributed by atoms with Crippen LogP contribution in [0.15, 0.2) is 66.0 Å². The topological polar surface area (TPSA) is 138 Å². The van der Waals surface area contributed by atoms with Gasteiger partial charge >= 0.3 is 0 Å². The molecule has 0 aliphatic heterocycles. The van der Waals surface area contributed by atoms with Crippen molar-refractivity contribution in [2.24, 2.45) is 0 Å². The number of pyridine rings is 4. The lowest BCUT2D eigenvalue weighted by Gasteiger charge is -2.25. The van der Waals surface area contributed by atoms with Gasteiger partial charge < -0.3 is 15.3 Å². The molecule has 0 radical (unpaired) electrons. The van der Waals surface area contributed by atoms with E-state index in [4.69, 9.17) is 9.97 Å². The van der Waals surface area contributed by atoms with Gasteiger partial charge in [0.1, 0.15) is 5.82 Å². The zero-order chi connectivity index (χ0) is 27.3. The van der Waals surface area contributed by atoms with E-state index in [0.29, 0.717) is 29.1 Å². The first-order chi connectivity index (χ1) is 18.1. The van der Waals surface area contributed by atoms with E-state index in [1.165, 1.54) is 18.5 Å². The molecule has 0 aliphatic rings. The van der Waals surface area contributed by atoms with Gasteiger partial charge in [0.05, 0.1) is 45.7 Å². The van der Waals surface area contributed by atoms with Crippen molar-refractivity contribution < 1.29 is 18.3 Å². The highest BCUT2D eigenvalue weighted by molar-refractivity contribution is 7.90. The molecule has 0 aliphatic carbocycles. The molecule has 38 heavy (non-hydrogen) atoms. The highest BCUT2D eigenvalue weighted by Crippen LogP contribution is 2.23. The Bertz CT molecular complexity index is 1560. The van der Waals surface area contributed by atoms with Crippen LogP contribution in [0.5, 0.6) is 0 Å². The minimum Gasteiger partial charge on any atom is -0.392 e. The molecular formula is C27H30N6O4S. The van der Waals surface area contributed by atoms with Gasteiger partial charge in [-0.2, -0.15) is 0 Å². The first-order valence-electron chi connectivity index (χ1n) is 12.2. The van der Waals surface area contributed by atoms with Crippen LogP contribution in [0.25, 0.3) is 22.3 Å². The largest absolute Gasteiger partial charge is 0.392 e. The quantitative estimate of drug-likeness (QED) is 0.314. The molecule has 0 saturated carbocycles. The molecule has 4 aromatic heterocycles. The predicted octanol–water partition coefficient (Wildman–Crippen LogP) is 3.02. The molecule has 11 heteroatoms. The number of sulfone groups is 1. The van der Waals surface area contributed by atoms with Crippen LogP contribution in [0.3, 0.4) is 0 Å². The van der Waals surface area contributed by atoms with Crippen molar-refractivity contribution in [3.8, 4) is 11.4 Å². The Hall–Kier alpha value is -3.96. The van der Waals surface area contributed by atoms with E-state index in [1.54, 1.807) is 19.2 Å². The molecule has 4 aromatic rings. The summed E-state index contributed by atoms with van der Waals surface area (Å²) in [5, 5.41) is 13.5. The van der Waals surface area contributed by atoms with Gasteiger partial charge in [-0.25, -0.2) is 18.4 Å². The highest BCUT2D eigenvalue weighted by atomic mass is 32.2. The second-order valence-electron chi connectivity index (χ2n) is 9.11. The monoisotopic (exact) mass is 534 g/mol. The Balaban J connectivity index is 1.54. The maximum Gasteiger partial charge on any atom is 0.253 e. The molecule has 0 spiro atoms. The van der Waals surface area contributed by atoms with E-state index < -0.39 is 21.8 Å². The van der Waals surface area contributed by atoms with Crippen molar-refractivity contribution >= 4 is 32.5 Å². The molecule has 1 amide bonds. The molecule has 4 rings (SSSR count). The number of nitrogens with zero attached hydrogens (tertiary/aromatic N) is 5. The summed E-state index contributed by atoms with van der Waals surface area (Å²) >= 11 is 0. The minimum absolute atomic E-state index is 0.0212. The Morgan fingerprint density at radius 2 is 1.87 bits per heavy atom. The van der Waals surface area contributed by atoms with Crippen molar-refractivity contribution in [2.75, 3.05) is 24.2 Å². The maximum absolute atomic E-state index is 12.6. The molecule has 4 heterocycles. The number of aromatic nitrogens is 4. The Morgan fingerprint density at radius 3 is 2.61 bits per heavy atom. The van der Waals surface area contributed by atoms with E-state index in [9.17, 15) is 18.3 Å². The van der Waals surface area contributed by atoms with Gasteiger partial charge in [-0.15, -0.1) is 0 Å². The van der Waals surface area contributed by atoms with Crippen molar-refractivity contribution in [1.82, 2.24) is 25.3 Å². The van der Waals surface area contributed by atoms with Crippen LogP contribution in [0.2, 0.25) is 0 Å². The molecule has 1 atom stereocenters. The van der Waals surface area contributed by atoms with Crippen LogP contribution in [0.1, 0.15) is 36.3 Å². The Labute approximate surface area is 221 Å². The van der Waals surface area contributed by atoms with Gasteiger partial charge in [-0.05, 0) is 49.7 Å². The molecular weight excluding hydrogens is 504 g/mol. The zero-order valence-electron chi connectivity index (χ0n) is 21.5. The first-order valence-corrected chi connectivity index (χ1v) is 14.1. The van der Waals surface area contributed by atoms with Gasteiger partial charge in [-0.1, -0.05) is 13.0 Å². The number of aliphatic hydroxyl groups excluding tert-OH is 1. The Kier molecular flexibility index (Phi) is 8.28.